The number of amides is 1. The lowest BCUT2D eigenvalue weighted by Crippen LogP contribution is -2.38. The van der Waals surface area contributed by atoms with Crippen LogP contribution in [0.15, 0.2) is 30.9 Å². The molecule has 2 aromatic rings. The molecule has 1 amide bonds. The topological polar surface area (TPSA) is 69.5 Å². The summed E-state index contributed by atoms with van der Waals surface area (Å²) >= 11 is 0. The van der Waals surface area contributed by atoms with E-state index in [1.807, 2.05) is 30.0 Å². The van der Waals surface area contributed by atoms with Crippen molar-refractivity contribution in [2.24, 2.45) is 0 Å². The second-order valence-electron chi connectivity index (χ2n) is 5.46. The monoisotopic (exact) mass is 316 g/mol. The van der Waals surface area contributed by atoms with Crippen LogP contribution in [-0.4, -0.2) is 45.8 Å². The normalized spacial score (nSPS) is 15.8. The Kier molecular flexibility index (Phi) is 4.45. The van der Waals surface area contributed by atoms with Gasteiger partial charge < -0.3 is 14.4 Å². The molecule has 23 heavy (non-hydrogen) atoms. The molecule has 3 rings (SSSR count). The molecule has 2 heterocycles. The number of ether oxygens (including phenoxy) is 2. The second-order valence-corrected chi connectivity index (χ2v) is 5.46. The van der Waals surface area contributed by atoms with Crippen molar-refractivity contribution in [3.63, 3.8) is 0 Å². The van der Waals surface area contributed by atoms with Gasteiger partial charge in [-0.15, -0.1) is 0 Å². The van der Waals surface area contributed by atoms with E-state index in [-0.39, 0.29) is 11.9 Å². The van der Waals surface area contributed by atoms with Gasteiger partial charge in [0, 0.05) is 18.7 Å². The summed E-state index contributed by atoms with van der Waals surface area (Å²) in [5, 5.41) is 4.06. The number of fused-ring (bicyclic) bond motifs is 1. The molecule has 0 bridgehead atoms. The van der Waals surface area contributed by atoms with Gasteiger partial charge in [0.2, 0.25) is 5.91 Å². The van der Waals surface area contributed by atoms with Crippen molar-refractivity contribution < 1.29 is 14.3 Å². The van der Waals surface area contributed by atoms with Gasteiger partial charge >= 0.3 is 0 Å². The highest BCUT2D eigenvalue weighted by atomic mass is 16.5. The lowest BCUT2D eigenvalue weighted by Gasteiger charge is -2.29. The molecular weight excluding hydrogens is 296 g/mol. The van der Waals surface area contributed by atoms with Crippen LogP contribution in [0.25, 0.3) is 0 Å². The zero-order valence-electron chi connectivity index (χ0n) is 13.3. The summed E-state index contributed by atoms with van der Waals surface area (Å²) in [5.41, 5.74) is 0.947. The lowest BCUT2D eigenvalue weighted by molar-refractivity contribution is -0.135. The fourth-order valence-electron chi connectivity index (χ4n) is 2.71. The summed E-state index contributed by atoms with van der Waals surface area (Å²) in [7, 11) is 1.62. The average Bonchev–Trinajstić information content (AvgIpc) is 3.08. The maximum Gasteiger partial charge on any atom is 0.247 e. The largest absolute Gasteiger partial charge is 0.493 e. The highest BCUT2D eigenvalue weighted by Gasteiger charge is 2.25. The number of rotatable bonds is 3. The third-order valence-electron chi connectivity index (χ3n) is 3.96. The number of para-hydroxylation sites is 1. The van der Waals surface area contributed by atoms with E-state index in [1.165, 1.54) is 6.33 Å². The number of hydrogen-bond donors (Lipinski definition) is 0. The van der Waals surface area contributed by atoms with E-state index in [9.17, 15) is 4.79 Å². The third kappa shape index (κ3) is 3.13. The Hall–Kier alpha value is -2.57. The molecule has 0 saturated carbocycles. The van der Waals surface area contributed by atoms with Crippen LogP contribution in [0.5, 0.6) is 11.5 Å². The minimum absolute atomic E-state index is 0.0196. The van der Waals surface area contributed by atoms with Crippen molar-refractivity contribution >= 4 is 5.91 Å². The Balaban J connectivity index is 1.84. The molecule has 7 heteroatoms. The molecular formula is C16H20N4O3. The van der Waals surface area contributed by atoms with Crippen LogP contribution >= 0.6 is 0 Å². The molecule has 122 valence electrons. The van der Waals surface area contributed by atoms with Crippen molar-refractivity contribution in [2.75, 3.05) is 20.3 Å². The summed E-state index contributed by atoms with van der Waals surface area (Å²) in [6.07, 6.45) is 3.77. The number of aromatic nitrogens is 3. The van der Waals surface area contributed by atoms with Gasteiger partial charge in [-0.1, -0.05) is 12.1 Å². The SMILES string of the molecule is COc1cccc2c1OCCCN(C(=O)[C@@H](C)n1cncn1)C2. The Morgan fingerprint density at radius 2 is 2.30 bits per heavy atom. The number of carbonyl (C=O) groups is 1. The maximum absolute atomic E-state index is 12.8. The molecule has 0 N–H and O–H groups in total. The van der Waals surface area contributed by atoms with Crippen LogP contribution in [0.2, 0.25) is 0 Å². The standard InChI is InChI=1S/C16H20N4O3/c1-12(20-11-17-10-18-20)16(21)19-7-4-8-23-15-13(9-19)5-3-6-14(15)22-2/h3,5-6,10-12H,4,7-9H2,1-2H3/t12-/m1/s1. The average molecular weight is 316 g/mol. The Labute approximate surface area is 134 Å². The summed E-state index contributed by atoms with van der Waals surface area (Å²) in [6.45, 7) is 3.52. The molecule has 1 aliphatic rings. The van der Waals surface area contributed by atoms with E-state index in [0.29, 0.717) is 25.4 Å². The number of benzene rings is 1. The molecule has 0 aliphatic carbocycles. The quantitative estimate of drug-likeness (QED) is 0.861. The van der Waals surface area contributed by atoms with Gasteiger partial charge in [-0.2, -0.15) is 5.10 Å². The smallest absolute Gasteiger partial charge is 0.247 e. The fourth-order valence-corrected chi connectivity index (χ4v) is 2.71. The highest BCUT2D eigenvalue weighted by molar-refractivity contribution is 5.80. The predicted octanol–water partition coefficient (Wildman–Crippen LogP) is 1.66. The first-order valence-electron chi connectivity index (χ1n) is 7.62. The van der Waals surface area contributed by atoms with Crippen LogP contribution in [0.3, 0.4) is 0 Å². The number of methoxy groups -OCH3 is 1. The first-order valence-corrected chi connectivity index (χ1v) is 7.62. The van der Waals surface area contributed by atoms with E-state index < -0.39 is 0 Å². The Bertz CT molecular complexity index is 672. The van der Waals surface area contributed by atoms with Gasteiger partial charge in [0.05, 0.1) is 13.7 Å². The van der Waals surface area contributed by atoms with E-state index in [4.69, 9.17) is 9.47 Å². The third-order valence-corrected chi connectivity index (χ3v) is 3.96. The van der Waals surface area contributed by atoms with Crippen molar-refractivity contribution in [3.05, 3.63) is 36.4 Å². The molecule has 1 aromatic heterocycles. The zero-order valence-corrected chi connectivity index (χ0v) is 13.3. The Morgan fingerprint density at radius 3 is 3.04 bits per heavy atom. The first kappa shape index (κ1) is 15.3. The van der Waals surface area contributed by atoms with Gasteiger partial charge in [-0.05, 0) is 19.4 Å². The second kappa shape index (κ2) is 6.68. The molecule has 0 fully saturated rings. The number of hydrogen-bond acceptors (Lipinski definition) is 5. The van der Waals surface area contributed by atoms with Crippen LogP contribution in [0.1, 0.15) is 24.9 Å². The van der Waals surface area contributed by atoms with Crippen LogP contribution in [0.4, 0.5) is 0 Å². The van der Waals surface area contributed by atoms with Gasteiger partial charge in [-0.3, -0.25) is 4.79 Å². The van der Waals surface area contributed by atoms with Crippen LogP contribution in [-0.2, 0) is 11.3 Å². The summed E-state index contributed by atoms with van der Waals surface area (Å²) in [6, 6.07) is 5.35. The van der Waals surface area contributed by atoms with Crippen molar-refractivity contribution in [2.45, 2.75) is 25.9 Å². The minimum Gasteiger partial charge on any atom is -0.493 e. The van der Waals surface area contributed by atoms with Gasteiger partial charge in [0.25, 0.3) is 0 Å². The molecule has 1 aliphatic heterocycles. The Morgan fingerprint density at radius 1 is 1.43 bits per heavy atom. The molecule has 0 spiro atoms. The molecule has 1 atom stereocenters. The van der Waals surface area contributed by atoms with Gasteiger partial charge in [0.1, 0.15) is 18.7 Å². The number of carbonyl (C=O) groups excluding carboxylic acids is 1. The van der Waals surface area contributed by atoms with Crippen molar-refractivity contribution in [1.29, 1.82) is 0 Å². The van der Waals surface area contributed by atoms with Crippen molar-refractivity contribution in [3.8, 4) is 11.5 Å². The van der Waals surface area contributed by atoms with Crippen molar-refractivity contribution in [1.82, 2.24) is 19.7 Å². The summed E-state index contributed by atoms with van der Waals surface area (Å²) in [4.78, 5) is 18.5. The molecule has 0 unspecified atom stereocenters. The summed E-state index contributed by atoms with van der Waals surface area (Å²) < 4.78 is 12.8. The zero-order chi connectivity index (χ0) is 16.2. The predicted molar refractivity (Wildman–Crippen MR) is 83.3 cm³/mol. The molecule has 1 aromatic carbocycles. The molecule has 7 nitrogen and oxygen atoms in total. The number of nitrogens with zero attached hydrogens (tertiary/aromatic N) is 4. The fraction of sp³-hybridized carbons (Fsp3) is 0.438. The van der Waals surface area contributed by atoms with E-state index >= 15 is 0 Å². The van der Waals surface area contributed by atoms with Crippen LogP contribution < -0.4 is 9.47 Å². The van der Waals surface area contributed by atoms with E-state index in [0.717, 1.165) is 17.7 Å². The molecule has 0 saturated heterocycles. The van der Waals surface area contributed by atoms with Gasteiger partial charge in [0.15, 0.2) is 11.5 Å². The lowest BCUT2D eigenvalue weighted by atomic mass is 10.1. The van der Waals surface area contributed by atoms with Crippen LogP contribution in [0, 0.1) is 0 Å². The van der Waals surface area contributed by atoms with E-state index in [1.54, 1.807) is 18.1 Å². The molecule has 0 radical (unpaired) electrons. The maximum atomic E-state index is 12.8. The van der Waals surface area contributed by atoms with Gasteiger partial charge in [-0.25, -0.2) is 9.67 Å². The summed E-state index contributed by atoms with van der Waals surface area (Å²) in [5.74, 6) is 1.44. The highest BCUT2D eigenvalue weighted by Crippen LogP contribution is 2.33. The van der Waals surface area contributed by atoms with E-state index in [2.05, 4.69) is 10.1 Å². The first-order chi connectivity index (χ1) is 11.2. The minimum atomic E-state index is -0.382.